The van der Waals surface area contributed by atoms with E-state index in [1.807, 2.05) is 20.8 Å². The van der Waals surface area contributed by atoms with Gasteiger partial charge in [-0.3, -0.25) is 9.89 Å². The molecule has 5 rings (SSSR count). The molecule has 2 aromatic heterocycles. The van der Waals surface area contributed by atoms with Gasteiger partial charge in [-0.05, 0) is 53.3 Å². The first-order valence-electron chi connectivity index (χ1n) is 17.0. The first kappa shape index (κ1) is 40.6. The molecule has 0 unspecified atom stereocenters. The number of ether oxygens (including phenoxy) is 1. The number of methoxy groups -OCH3 is 1. The number of carbonyl (C=O) groups is 2. The average molecular weight is 786 g/mol. The number of aromatic nitrogens is 2. The number of nitrogens with zero attached hydrogens (tertiary/aromatic N) is 3. The van der Waals surface area contributed by atoms with Crippen LogP contribution in [0.5, 0.6) is 0 Å². The maximum absolute atomic E-state index is 15.2. The van der Waals surface area contributed by atoms with Crippen LogP contribution in [0.1, 0.15) is 66.1 Å². The Kier molecular flexibility index (Phi) is 12.3. The number of aliphatic hydroxyl groups is 1. The summed E-state index contributed by atoms with van der Waals surface area (Å²) in [6.07, 6.45) is -5.02. The highest BCUT2D eigenvalue weighted by Gasteiger charge is 2.52. The van der Waals surface area contributed by atoms with Crippen molar-refractivity contribution in [3.8, 4) is 0 Å². The van der Waals surface area contributed by atoms with Gasteiger partial charge in [0.1, 0.15) is 0 Å². The predicted octanol–water partition coefficient (Wildman–Crippen LogP) is 7.14. The minimum atomic E-state index is -5.23. The number of fused-ring (bicyclic) bond motifs is 1. The first-order chi connectivity index (χ1) is 25.5. The van der Waals surface area contributed by atoms with Gasteiger partial charge >= 0.3 is 12.3 Å². The molecule has 11 nitrogen and oxygen atoms in total. The number of amides is 2. The van der Waals surface area contributed by atoms with E-state index < -0.39 is 63.7 Å². The van der Waals surface area contributed by atoms with E-state index in [1.165, 1.54) is 24.4 Å². The highest BCUT2D eigenvalue weighted by Crippen LogP contribution is 2.44. The van der Waals surface area contributed by atoms with Crippen LogP contribution in [0.15, 0.2) is 102 Å². The van der Waals surface area contributed by atoms with Gasteiger partial charge in [-0.15, -0.1) is 11.3 Å². The van der Waals surface area contributed by atoms with E-state index in [0.29, 0.717) is 39.8 Å². The standard InChI is InChI=1S/C38H42F3N5O6S2/c1-37(2,3)19-20-45(54(50,51)27-15-16-28-26(21-27)22-43-44-28)29(23-47)30-17-18-31(53-30)34(38(39,40)41)46(36(49)52-4)35(48)33(42)32(24-11-7-5-8-12-24)25-13-9-6-10-14-25/h5-18,21-22,29,32-34,47H,19-20,23,42H2,1-4H3,(H,43,44)/t29-,33+,34-/m1/s1. The number of halogens is 3. The molecule has 0 radical (unpaired) electrons. The van der Waals surface area contributed by atoms with Crippen molar-refractivity contribution < 1.29 is 41.0 Å². The Morgan fingerprint density at radius 3 is 2.07 bits per heavy atom. The smallest absolute Gasteiger partial charge is 0.417 e. The summed E-state index contributed by atoms with van der Waals surface area (Å²) in [5.41, 5.74) is 7.82. The fourth-order valence-electron chi connectivity index (χ4n) is 6.21. The molecule has 4 N–H and O–H groups in total. The second-order valence-corrected chi connectivity index (χ2v) is 17.0. The quantitative estimate of drug-likeness (QED) is 0.114. The predicted molar refractivity (Wildman–Crippen MR) is 199 cm³/mol. The number of imide groups is 1. The maximum atomic E-state index is 15.2. The fourth-order valence-corrected chi connectivity index (χ4v) is 9.14. The van der Waals surface area contributed by atoms with Crippen molar-refractivity contribution in [1.82, 2.24) is 19.4 Å². The second kappa shape index (κ2) is 16.4. The van der Waals surface area contributed by atoms with Crippen molar-refractivity contribution in [2.45, 2.75) is 62.3 Å². The number of carbonyl (C=O) groups excluding carboxylic acids is 2. The molecule has 0 saturated carbocycles. The lowest BCUT2D eigenvalue weighted by atomic mass is 9.84. The van der Waals surface area contributed by atoms with E-state index in [2.05, 4.69) is 10.2 Å². The number of nitrogens with one attached hydrogen (secondary N) is 1. The van der Waals surface area contributed by atoms with E-state index in [4.69, 9.17) is 10.5 Å². The van der Waals surface area contributed by atoms with E-state index in [9.17, 15) is 23.1 Å². The SMILES string of the molecule is COC(=O)N(C(=O)[C@@H](N)C(c1ccccc1)c1ccccc1)[C@H](c1ccc([C@@H](CO)N(CCC(C)(C)C)S(=O)(=O)c2ccc3[nH]ncc3c2)s1)C(F)(F)F. The molecule has 3 aromatic carbocycles. The molecule has 3 atom stereocenters. The molecule has 0 saturated heterocycles. The third kappa shape index (κ3) is 8.84. The van der Waals surface area contributed by atoms with Gasteiger partial charge in [0.2, 0.25) is 10.0 Å². The average Bonchev–Trinajstić information content (AvgIpc) is 3.81. The number of H-pyrrole nitrogens is 1. The van der Waals surface area contributed by atoms with Crippen molar-refractivity contribution >= 4 is 44.3 Å². The van der Waals surface area contributed by atoms with Gasteiger partial charge < -0.3 is 15.6 Å². The number of hydrogen-bond acceptors (Lipinski definition) is 9. The Labute approximate surface area is 315 Å². The van der Waals surface area contributed by atoms with Gasteiger partial charge in [0.05, 0.1) is 42.4 Å². The van der Waals surface area contributed by atoms with Crippen molar-refractivity contribution in [3.63, 3.8) is 0 Å². The zero-order valence-corrected chi connectivity index (χ0v) is 31.7. The number of hydrogen-bond donors (Lipinski definition) is 3. The zero-order valence-electron chi connectivity index (χ0n) is 30.0. The Morgan fingerprint density at radius 1 is 0.944 bits per heavy atom. The number of alkyl halides is 3. The van der Waals surface area contributed by atoms with Crippen molar-refractivity contribution in [2.24, 2.45) is 11.1 Å². The van der Waals surface area contributed by atoms with Crippen LogP contribution in [-0.2, 0) is 19.6 Å². The zero-order chi connectivity index (χ0) is 39.4. The molecule has 0 bridgehead atoms. The Balaban J connectivity index is 1.57. The molecule has 0 fully saturated rings. The van der Waals surface area contributed by atoms with Crippen LogP contribution in [0.3, 0.4) is 0 Å². The molecule has 54 heavy (non-hydrogen) atoms. The summed E-state index contributed by atoms with van der Waals surface area (Å²) >= 11 is 0.520. The van der Waals surface area contributed by atoms with E-state index in [0.717, 1.165) is 17.5 Å². The molecule has 16 heteroatoms. The summed E-state index contributed by atoms with van der Waals surface area (Å²) in [4.78, 5) is 26.9. The highest BCUT2D eigenvalue weighted by atomic mass is 32.2. The highest BCUT2D eigenvalue weighted by molar-refractivity contribution is 7.89. The van der Waals surface area contributed by atoms with Crippen molar-refractivity contribution in [2.75, 3.05) is 20.3 Å². The largest absolute Gasteiger partial charge is 0.452 e. The first-order valence-corrected chi connectivity index (χ1v) is 19.2. The lowest BCUT2D eigenvalue weighted by Gasteiger charge is -2.34. The maximum Gasteiger partial charge on any atom is 0.417 e. The summed E-state index contributed by atoms with van der Waals surface area (Å²) in [5, 5.41) is 17.9. The summed E-state index contributed by atoms with van der Waals surface area (Å²) in [6, 6.07) is 17.8. The van der Waals surface area contributed by atoms with E-state index in [-0.39, 0.29) is 26.6 Å². The lowest BCUT2D eigenvalue weighted by molar-refractivity contribution is -0.186. The van der Waals surface area contributed by atoms with Crippen LogP contribution in [0.2, 0.25) is 0 Å². The van der Waals surface area contributed by atoms with Crippen LogP contribution < -0.4 is 5.73 Å². The monoisotopic (exact) mass is 785 g/mol. The van der Waals surface area contributed by atoms with Gasteiger partial charge in [0, 0.05) is 27.6 Å². The van der Waals surface area contributed by atoms with Gasteiger partial charge in [-0.25, -0.2) is 18.1 Å². The van der Waals surface area contributed by atoms with Crippen LogP contribution in [-0.4, -0.2) is 77.4 Å². The summed E-state index contributed by atoms with van der Waals surface area (Å²) < 4.78 is 80.1. The van der Waals surface area contributed by atoms with Crippen LogP contribution >= 0.6 is 11.3 Å². The molecule has 0 spiro atoms. The number of thiophene rings is 1. The topological polar surface area (TPSA) is 159 Å². The third-order valence-corrected chi connectivity index (χ3v) is 12.1. The Hall–Kier alpha value is -4.61. The van der Waals surface area contributed by atoms with Crippen molar-refractivity contribution in [1.29, 1.82) is 0 Å². The molecule has 2 amide bonds. The molecular formula is C38H42F3N5O6S2. The van der Waals surface area contributed by atoms with Gasteiger partial charge in [-0.1, -0.05) is 81.4 Å². The van der Waals surface area contributed by atoms with Crippen LogP contribution in [0, 0.1) is 5.41 Å². The molecule has 0 aliphatic rings. The normalized spacial score (nSPS) is 14.3. The van der Waals surface area contributed by atoms with Crippen LogP contribution in [0.4, 0.5) is 18.0 Å². The molecule has 0 aliphatic carbocycles. The van der Waals surface area contributed by atoms with E-state index in [1.54, 1.807) is 66.7 Å². The van der Waals surface area contributed by atoms with Crippen LogP contribution in [0.25, 0.3) is 10.9 Å². The number of benzene rings is 3. The van der Waals surface area contributed by atoms with Gasteiger partial charge in [0.25, 0.3) is 5.91 Å². The minimum absolute atomic E-state index is 0.0264. The summed E-state index contributed by atoms with van der Waals surface area (Å²) in [6.45, 7) is 4.85. The Morgan fingerprint density at radius 2 is 1.54 bits per heavy atom. The molecule has 288 valence electrons. The second-order valence-electron chi connectivity index (χ2n) is 13.9. The van der Waals surface area contributed by atoms with Gasteiger partial charge in [-0.2, -0.15) is 22.6 Å². The summed E-state index contributed by atoms with van der Waals surface area (Å²) in [7, 11) is -3.50. The minimum Gasteiger partial charge on any atom is -0.452 e. The number of aliphatic hydroxyl groups excluding tert-OH is 1. The Bertz CT molecular complexity index is 2110. The fraction of sp³-hybridized carbons (Fsp3) is 0.342. The molecule has 0 aliphatic heterocycles. The van der Waals surface area contributed by atoms with Crippen molar-refractivity contribution in [3.05, 3.63) is 118 Å². The number of aromatic amines is 1. The molecule has 5 aromatic rings. The third-order valence-electron chi connectivity index (χ3n) is 9.01. The van der Waals surface area contributed by atoms with Gasteiger partial charge in [0.15, 0.2) is 6.04 Å². The lowest BCUT2D eigenvalue weighted by Crippen LogP contribution is -2.53. The molecular weight excluding hydrogens is 744 g/mol. The number of rotatable bonds is 13. The number of nitrogens with two attached hydrogens (primary N) is 1. The molecule has 2 heterocycles. The summed E-state index contributed by atoms with van der Waals surface area (Å²) in [5.74, 6) is -2.29. The number of sulfonamides is 1. The van der Waals surface area contributed by atoms with E-state index >= 15 is 13.2 Å².